The summed E-state index contributed by atoms with van der Waals surface area (Å²) < 4.78 is 0. The molecule has 0 aromatic carbocycles. The molecule has 2 atom stereocenters. The maximum absolute atomic E-state index is 12.4. The lowest BCUT2D eigenvalue weighted by molar-refractivity contribution is -0.137. The Morgan fingerprint density at radius 3 is 1.36 bits per heavy atom. The maximum atomic E-state index is 12.4. The van der Waals surface area contributed by atoms with Crippen molar-refractivity contribution in [2.45, 2.75) is 64.5 Å². The molecular weight excluding hydrogens is 472 g/mol. The van der Waals surface area contributed by atoms with E-state index in [4.69, 9.17) is 10.2 Å². The standard InChI is InChI=1S/C24H36N4O8/c1-3-27(19(29)11-13-21(31)32)15-7-5-9-17-23(35)26-18(24(36)25-17)10-6-8-16-28(4-2)20(30)12-14-22(33)34/h11-14,17-18H,3-10,15-16H2,1-2H3,(H,25,36)(H,26,35)(H,31,32)(H,33,34)/b13-11+,14-12+. The first-order valence-corrected chi connectivity index (χ1v) is 12.1. The van der Waals surface area contributed by atoms with Crippen LogP contribution in [0, 0.1) is 0 Å². The van der Waals surface area contributed by atoms with Crippen LogP contribution < -0.4 is 10.6 Å². The Morgan fingerprint density at radius 2 is 1.06 bits per heavy atom. The number of carbonyl (C=O) groups is 6. The summed E-state index contributed by atoms with van der Waals surface area (Å²) >= 11 is 0. The summed E-state index contributed by atoms with van der Waals surface area (Å²) in [5.41, 5.74) is 0. The van der Waals surface area contributed by atoms with Crippen LogP contribution in [0.3, 0.4) is 0 Å². The van der Waals surface area contributed by atoms with Gasteiger partial charge in [-0.25, -0.2) is 9.59 Å². The Kier molecular flexibility index (Phi) is 13.5. The van der Waals surface area contributed by atoms with Gasteiger partial charge in [0.2, 0.25) is 23.6 Å². The monoisotopic (exact) mass is 508 g/mol. The number of carboxylic acid groups (broad SMARTS) is 2. The molecule has 36 heavy (non-hydrogen) atoms. The van der Waals surface area contributed by atoms with Crippen LogP contribution in [0.2, 0.25) is 0 Å². The molecule has 0 radical (unpaired) electrons. The second-order valence-corrected chi connectivity index (χ2v) is 8.29. The van der Waals surface area contributed by atoms with Gasteiger partial charge in [0, 0.05) is 50.5 Å². The van der Waals surface area contributed by atoms with E-state index < -0.39 is 35.8 Å². The molecule has 2 unspecified atom stereocenters. The van der Waals surface area contributed by atoms with E-state index in [1.165, 1.54) is 9.80 Å². The van der Waals surface area contributed by atoms with E-state index in [1.807, 2.05) is 0 Å². The van der Waals surface area contributed by atoms with Crippen molar-refractivity contribution < 1.29 is 39.0 Å². The average Bonchev–Trinajstić information content (AvgIpc) is 2.83. The van der Waals surface area contributed by atoms with Crippen LogP contribution in [0.25, 0.3) is 0 Å². The molecule has 0 spiro atoms. The summed E-state index contributed by atoms with van der Waals surface area (Å²) in [5.74, 6) is -3.71. The topological polar surface area (TPSA) is 173 Å². The Morgan fingerprint density at radius 1 is 0.694 bits per heavy atom. The van der Waals surface area contributed by atoms with Gasteiger partial charge in [0.1, 0.15) is 12.1 Å². The van der Waals surface area contributed by atoms with Crippen molar-refractivity contribution in [3.8, 4) is 0 Å². The predicted octanol–water partition coefficient (Wildman–Crippen LogP) is 0.289. The van der Waals surface area contributed by atoms with Gasteiger partial charge >= 0.3 is 11.9 Å². The second kappa shape index (κ2) is 16.1. The highest BCUT2D eigenvalue weighted by Gasteiger charge is 2.32. The number of hydrogen-bond donors (Lipinski definition) is 4. The van der Waals surface area contributed by atoms with Crippen LogP contribution in [0.15, 0.2) is 24.3 Å². The fraction of sp³-hybridized carbons (Fsp3) is 0.583. The summed E-state index contributed by atoms with van der Waals surface area (Å²) in [4.78, 5) is 72.9. The maximum Gasteiger partial charge on any atom is 0.328 e. The number of carbonyl (C=O) groups excluding carboxylic acids is 4. The molecule has 4 N–H and O–H groups in total. The summed E-state index contributed by atoms with van der Waals surface area (Å²) in [7, 11) is 0. The van der Waals surface area contributed by atoms with Gasteiger partial charge in [-0.05, 0) is 52.4 Å². The summed E-state index contributed by atoms with van der Waals surface area (Å²) in [5, 5.41) is 22.7. The van der Waals surface area contributed by atoms with E-state index in [1.54, 1.807) is 13.8 Å². The number of aliphatic carboxylic acids is 2. The first-order chi connectivity index (χ1) is 17.1. The minimum Gasteiger partial charge on any atom is -0.478 e. The lowest BCUT2D eigenvalue weighted by atomic mass is 10.0. The molecule has 0 saturated carbocycles. The average molecular weight is 509 g/mol. The summed E-state index contributed by atoms with van der Waals surface area (Å²) in [6.07, 6.45) is 6.81. The minimum absolute atomic E-state index is 0.267. The van der Waals surface area contributed by atoms with Gasteiger partial charge in [-0.1, -0.05) is 0 Å². The lowest BCUT2D eigenvalue weighted by Crippen LogP contribution is -2.61. The third kappa shape index (κ3) is 11.2. The number of likely N-dealkylation sites (N-methyl/N-ethyl adjacent to an activating group) is 2. The molecule has 1 fully saturated rings. The predicted molar refractivity (Wildman–Crippen MR) is 130 cm³/mol. The van der Waals surface area contributed by atoms with Crippen LogP contribution >= 0.6 is 0 Å². The molecule has 0 bridgehead atoms. The Hall–Kier alpha value is -3.70. The third-order valence-electron chi connectivity index (χ3n) is 5.73. The molecule has 0 aromatic heterocycles. The molecule has 12 nitrogen and oxygen atoms in total. The number of nitrogens with zero attached hydrogens (tertiary/aromatic N) is 2. The van der Waals surface area contributed by atoms with E-state index in [0.717, 1.165) is 24.3 Å². The molecule has 12 heteroatoms. The molecule has 1 aliphatic rings. The van der Waals surface area contributed by atoms with Crippen LogP contribution in [-0.4, -0.2) is 93.8 Å². The third-order valence-corrected chi connectivity index (χ3v) is 5.73. The fourth-order valence-corrected chi connectivity index (χ4v) is 3.73. The van der Waals surface area contributed by atoms with E-state index >= 15 is 0 Å². The van der Waals surface area contributed by atoms with Gasteiger partial charge in [0.05, 0.1) is 0 Å². The SMILES string of the molecule is CCN(CCCCC1NC(=O)C(CCCCN(CC)C(=O)/C=C/C(=O)O)NC1=O)C(=O)/C=C/C(=O)O. The highest BCUT2D eigenvalue weighted by Crippen LogP contribution is 2.11. The Balaban J connectivity index is 2.37. The lowest BCUT2D eigenvalue weighted by Gasteiger charge is -2.30. The van der Waals surface area contributed by atoms with Crippen molar-refractivity contribution >= 4 is 35.6 Å². The smallest absolute Gasteiger partial charge is 0.328 e. The number of hydrogen-bond acceptors (Lipinski definition) is 6. The highest BCUT2D eigenvalue weighted by atomic mass is 16.4. The normalized spacial score (nSPS) is 17.6. The number of unbranched alkanes of at least 4 members (excludes halogenated alkanes) is 2. The molecule has 4 amide bonds. The van der Waals surface area contributed by atoms with E-state index in [2.05, 4.69) is 10.6 Å². The Bertz CT molecular complexity index is 800. The molecule has 1 aliphatic heterocycles. The first-order valence-electron chi connectivity index (χ1n) is 12.1. The van der Waals surface area contributed by atoms with Crippen LogP contribution in [0.5, 0.6) is 0 Å². The van der Waals surface area contributed by atoms with Crippen LogP contribution in [0.4, 0.5) is 0 Å². The van der Waals surface area contributed by atoms with Gasteiger partial charge in [0.15, 0.2) is 0 Å². The zero-order valence-corrected chi connectivity index (χ0v) is 20.8. The van der Waals surface area contributed by atoms with E-state index in [0.29, 0.717) is 64.7 Å². The second-order valence-electron chi connectivity index (χ2n) is 8.29. The number of rotatable bonds is 16. The number of carboxylic acids is 2. The van der Waals surface area contributed by atoms with Gasteiger partial charge in [0.25, 0.3) is 0 Å². The van der Waals surface area contributed by atoms with Gasteiger partial charge in [-0.2, -0.15) is 0 Å². The molecule has 1 heterocycles. The van der Waals surface area contributed by atoms with E-state index in [9.17, 15) is 28.8 Å². The molecule has 200 valence electrons. The molecule has 0 aliphatic carbocycles. The first kappa shape index (κ1) is 30.3. The van der Waals surface area contributed by atoms with Crippen LogP contribution in [0.1, 0.15) is 52.4 Å². The van der Waals surface area contributed by atoms with Crippen molar-refractivity contribution in [2.24, 2.45) is 0 Å². The number of piperazine rings is 1. The van der Waals surface area contributed by atoms with E-state index in [-0.39, 0.29) is 11.8 Å². The van der Waals surface area contributed by atoms with Crippen molar-refractivity contribution in [3.63, 3.8) is 0 Å². The van der Waals surface area contributed by atoms with Gasteiger partial charge in [-0.15, -0.1) is 0 Å². The van der Waals surface area contributed by atoms with Gasteiger partial charge < -0.3 is 30.6 Å². The van der Waals surface area contributed by atoms with Gasteiger partial charge in [-0.3, -0.25) is 19.2 Å². The number of nitrogens with one attached hydrogen (secondary N) is 2. The molecule has 1 saturated heterocycles. The van der Waals surface area contributed by atoms with Crippen molar-refractivity contribution in [1.29, 1.82) is 0 Å². The molecule has 1 rings (SSSR count). The van der Waals surface area contributed by atoms with Crippen molar-refractivity contribution in [1.82, 2.24) is 20.4 Å². The summed E-state index contributed by atoms with van der Waals surface area (Å²) in [6, 6.07) is -1.30. The van der Waals surface area contributed by atoms with Crippen molar-refractivity contribution in [2.75, 3.05) is 26.2 Å². The largest absolute Gasteiger partial charge is 0.478 e. The molecular formula is C24H36N4O8. The zero-order chi connectivity index (χ0) is 27.1. The van der Waals surface area contributed by atoms with Crippen LogP contribution in [-0.2, 0) is 28.8 Å². The zero-order valence-electron chi connectivity index (χ0n) is 20.8. The fourth-order valence-electron chi connectivity index (χ4n) is 3.73. The number of amides is 4. The van der Waals surface area contributed by atoms with Crippen molar-refractivity contribution in [3.05, 3.63) is 24.3 Å². The molecule has 0 aromatic rings. The highest BCUT2D eigenvalue weighted by molar-refractivity contribution is 5.97. The Labute approximate surface area is 210 Å². The summed E-state index contributed by atoms with van der Waals surface area (Å²) in [6.45, 7) is 5.25. The quantitative estimate of drug-likeness (QED) is 0.170. The minimum atomic E-state index is -1.19.